The van der Waals surface area contributed by atoms with Crippen molar-refractivity contribution < 1.29 is 0 Å². The molecule has 1 aromatic heterocycles. The first kappa shape index (κ1) is 13.7. The number of aryl methyl sites for hydroxylation is 1. The van der Waals surface area contributed by atoms with Gasteiger partial charge in [0.25, 0.3) is 0 Å². The highest BCUT2D eigenvalue weighted by atomic mass is 32.1. The fraction of sp³-hybridized carbons (Fsp3) is 0.750. The molecule has 0 bridgehead atoms. The van der Waals surface area contributed by atoms with Gasteiger partial charge in [0, 0.05) is 36.6 Å². The molecule has 0 saturated heterocycles. The number of thiocarbonyl (C=S) groups is 1. The first-order valence-corrected chi connectivity index (χ1v) is 7.61. The fourth-order valence-corrected chi connectivity index (χ4v) is 3.73. The van der Waals surface area contributed by atoms with Crippen molar-refractivity contribution in [2.75, 3.05) is 0 Å². The monoisotopic (exact) mass is 284 g/mol. The number of hydrogen-bond acceptors (Lipinski definition) is 3. The van der Waals surface area contributed by atoms with Crippen LogP contribution in [0, 0.1) is 0 Å². The van der Waals surface area contributed by atoms with Gasteiger partial charge in [-0.25, -0.2) is 0 Å². The van der Waals surface area contributed by atoms with Crippen LogP contribution >= 0.6 is 23.8 Å². The van der Waals surface area contributed by atoms with Crippen LogP contribution in [0.15, 0.2) is 4.99 Å². The lowest BCUT2D eigenvalue weighted by molar-refractivity contribution is 0.294. The van der Waals surface area contributed by atoms with Crippen molar-refractivity contribution >= 4 is 28.9 Å². The van der Waals surface area contributed by atoms with Crippen molar-refractivity contribution in [2.45, 2.75) is 59.2 Å². The number of hydrogen-bond donors (Lipinski definition) is 0. The van der Waals surface area contributed by atoms with Crippen LogP contribution in [-0.4, -0.2) is 31.0 Å². The Morgan fingerprint density at radius 1 is 1.39 bits per heavy atom. The van der Waals surface area contributed by atoms with E-state index in [4.69, 9.17) is 12.2 Å². The Kier molecular flexibility index (Phi) is 4.17. The Bertz CT molecular complexity index is 490. The SMILES string of the molecule is CC(C)N(C(=S)/N=c1\snc2n1CCC2)C(C)C. The van der Waals surface area contributed by atoms with Crippen molar-refractivity contribution in [3.63, 3.8) is 0 Å². The van der Waals surface area contributed by atoms with Crippen molar-refractivity contribution in [2.24, 2.45) is 4.99 Å². The summed E-state index contributed by atoms with van der Waals surface area (Å²) in [6, 6.07) is 0.736. The van der Waals surface area contributed by atoms with Gasteiger partial charge >= 0.3 is 0 Å². The summed E-state index contributed by atoms with van der Waals surface area (Å²) in [4.78, 5) is 7.72. The predicted octanol–water partition coefficient (Wildman–Crippen LogP) is 2.20. The van der Waals surface area contributed by atoms with Gasteiger partial charge < -0.3 is 9.47 Å². The highest BCUT2D eigenvalue weighted by Gasteiger charge is 2.18. The molecule has 0 fully saturated rings. The van der Waals surface area contributed by atoms with Gasteiger partial charge in [-0.05, 0) is 46.3 Å². The summed E-state index contributed by atoms with van der Waals surface area (Å²) in [6.45, 7) is 9.60. The largest absolute Gasteiger partial charge is 0.343 e. The summed E-state index contributed by atoms with van der Waals surface area (Å²) in [7, 11) is 0. The third-order valence-electron chi connectivity index (χ3n) is 3.08. The molecule has 0 radical (unpaired) electrons. The molecule has 0 unspecified atom stereocenters. The van der Waals surface area contributed by atoms with Gasteiger partial charge in [0.2, 0.25) is 4.80 Å². The molecule has 4 nitrogen and oxygen atoms in total. The average molecular weight is 284 g/mol. The second-order valence-corrected chi connectivity index (χ2v) is 6.22. The molecule has 18 heavy (non-hydrogen) atoms. The third kappa shape index (κ3) is 2.64. The van der Waals surface area contributed by atoms with Crippen molar-refractivity contribution in [1.82, 2.24) is 13.8 Å². The summed E-state index contributed by atoms with van der Waals surface area (Å²) in [5, 5.41) is 0.672. The van der Waals surface area contributed by atoms with E-state index in [-0.39, 0.29) is 0 Å². The molecule has 0 N–H and O–H groups in total. The molecule has 0 spiro atoms. The quantitative estimate of drug-likeness (QED) is 0.781. The molecule has 2 rings (SSSR count). The third-order valence-corrected chi connectivity index (χ3v) is 4.16. The molecule has 1 aliphatic rings. The Hall–Kier alpha value is -0.750. The zero-order valence-electron chi connectivity index (χ0n) is 11.4. The zero-order chi connectivity index (χ0) is 13.3. The van der Waals surface area contributed by atoms with Gasteiger partial charge in [-0.15, -0.1) is 0 Å². The van der Waals surface area contributed by atoms with E-state index in [1.54, 1.807) is 0 Å². The molecule has 0 saturated carbocycles. The predicted molar refractivity (Wildman–Crippen MR) is 78.7 cm³/mol. The molecular weight excluding hydrogens is 264 g/mol. The van der Waals surface area contributed by atoms with Crippen LogP contribution in [0.1, 0.15) is 39.9 Å². The number of nitrogens with zero attached hydrogens (tertiary/aromatic N) is 4. The van der Waals surface area contributed by atoms with Crippen LogP contribution in [0.25, 0.3) is 0 Å². The lowest BCUT2D eigenvalue weighted by atomic mass is 10.2. The standard InChI is InChI=1S/C12H20N4S2/c1-8(2)16(9(3)4)11(17)13-12-15-7-5-6-10(15)14-18-12/h8-9H,5-7H2,1-4H3/b13-12-. The van der Waals surface area contributed by atoms with Crippen LogP contribution < -0.4 is 4.80 Å². The van der Waals surface area contributed by atoms with Gasteiger partial charge in [0.1, 0.15) is 5.82 Å². The average Bonchev–Trinajstić information content (AvgIpc) is 2.81. The van der Waals surface area contributed by atoms with E-state index >= 15 is 0 Å². The van der Waals surface area contributed by atoms with Crippen LogP contribution in [0.5, 0.6) is 0 Å². The van der Waals surface area contributed by atoms with Gasteiger partial charge in [0.15, 0.2) is 5.11 Å². The summed E-state index contributed by atoms with van der Waals surface area (Å²) in [5.74, 6) is 1.15. The molecule has 6 heteroatoms. The van der Waals surface area contributed by atoms with Gasteiger partial charge in [0.05, 0.1) is 0 Å². The van der Waals surface area contributed by atoms with Crippen molar-refractivity contribution in [3.05, 3.63) is 10.6 Å². The smallest absolute Gasteiger partial charge is 0.211 e. The van der Waals surface area contributed by atoms with E-state index in [2.05, 4.69) is 46.5 Å². The molecule has 1 aromatic rings. The van der Waals surface area contributed by atoms with Gasteiger partial charge in [-0.3, -0.25) is 0 Å². The Morgan fingerprint density at radius 3 is 2.67 bits per heavy atom. The van der Waals surface area contributed by atoms with E-state index < -0.39 is 0 Å². The Morgan fingerprint density at radius 2 is 2.06 bits per heavy atom. The molecule has 1 aliphatic heterocycles. The zero-order valence-corrected chi connectivity index (χ0v) is 13.0. The first-order valence-electron chi connectivity index (χ1n) is 6.43. The minimum absolute atomic E-state index is 0.368. The van der Waals surface area contributed by atoms with E-state index in [1.165, 1.54) is 18.0 Å². The lowest BCUT2D eigenvalue weighted by Gasteiger charge is -2.30. The molecule has 100 valence electrons. The van der Waals surface area contributed by atoms with Crippen LogP contribution in [0.2, 0.25) is 0 Å². The van der Waals surface area contributed by atoms with Crippen LogP contribution in [0.4, 0.5) is 0 Å². The lowest BCUT2D eigenvalue weighted by Crippen LogP contribution is -2.41. The van der Waals surface area contributed by atoms with Gasteiger partial charge in [-0.2, -0.15) is 9.37 Å². The van der Waals surface area contributed by atoms with Crippen molar-refractivity contribution in [3.8, 4) is 0 Å². The summed E-state index contributed by atoms with van der Waals surface area (Å²) in [6.07, 6.45) is 2.24. The number of fused-ring (bicyclic) bond motifs is 1. The van der Waals surface area contributed by atoms with Crippen LogP contribution in [0.3, 0.4) is 0 Å². The van der Waals surface area contributed by atoms with Gasteiger partial charge in [-0.1, -0.05) is 0 Å². The molecule has 0 aliphatic carbocycles. The normalized spacial score (nSPS) is 15.6. The molecule has 0 atom stereocenters. The van der Waals surface area contributed by atoms with E-state index in [0.29, 0.717) is 17.2 Å². The first-order chi connectivity index (χ1) is 8.50. The Labute approximate surface area is 118 Å². The van der Waals surface area contributed by atoms with E-state index in [1.807, 2.05) is 0 Å². The highest BCUT2D eigenvalue weighted by molar-refractivity contribution is 7.80. The second-order valence-electron chi connectivity index (χ2n) is 5.13. The topological polar surface area (TPSA) is 33.4 Å². The minimum atomic E-state index is 0.368. The summed E-state index contributed by atoms with van der Waals surface area (Å²) in [5.41, 5.74) is 0. The molecule has 2 heterocycles. The van der Waals surface area contributed by atoms with Crippen molar-refractivity contribution in [1.29, 1.82) is 0 Å². The summed E-state index contributed by atoms with van der Waals surface area (Å²) < 4.78 is 6.62. The van der Waals surface area contributed by atoms with E-state index in [0.717, 1.165) is 23.6 Å². The molecular formula is C12H20N4S2. The van der Waals surface area contributed by atoms with Crippen LogP contribution in [-0.2, 0) is 13.0 Å². The Balaban J connectivity index is 2.29. The second kappa shape index (κ2) is 5.48. The molecule has 0 amide bonds. The maximum Gasteiger partial charge on any atom is 0.211 e. The minimum Gasteiger partial charge on any atom is -0.343 e. The summed E-state index contributed by atoms with van der Waals surface area (Å²) >= 11 is 6.93. The maximum atomic E-state index is 5.47. The fourth-order valence-electron chi connectivity index (χ4n) is 2.36. The van der Waals surface area contributed by atoms with E-state index in [9.17, 15) is 0 Å². The molecule has 0 aromatic carbocycles. The maximum absolute atomic E-state index is 5.47. The number of aromatic nitrogens is 2. The highest BCUT2D eigenvalue weighted by Crippen LogP contribution is 2.11. The number of rotatable bonds is 2.